The van der Waals surface area contributed by atoms with Gasteiger partial charge in [0.05, 0.1) is 0 Å². The van der Waals surface area contributed by atoms with E-state index >= 15 is 0 Å². The van der Waals surface area contributed by atoms with E-state index in [9.17, 15) is 10.2 Å². The highest BCUT2D eigenvalue weighted by Crippen LogP contribution is 2.29. The lowest BCUT2D eigenvalue weighted by Gasteiger charge is -2.58. The van der Waals surface area contributed by atoms with Gasteiger partial charge in [-0.15, -0.1) is 12.2 Å². The van der Waals surface area contributed by atoms with Gasteiger partial charge in [-0.3, -0.25) is 0 Å². The normalized spacial score (nSPS) is 49.3. The Morgan fingerprint density at radius 3 is 1.22 bits per heavy atom. The standard InChI is InChI=1S/C6H10O2.CH4/c1-3-5(7)4(2)6(3)8;/h3-6H,1-2H3;1H4/q-2;. The third-order valence-corrected chi connectivity index (χ3v) is 2.07. The second-order valence-corrected chi connectivity index (χ2v) is 2.65. The lowest BCUT2D eigenvalue weighted by Crippen LogP contribution is -2.64. The Bertz CT molecular complexity index is 60.9. The zero-order valence-corrected chi connectivity index (χ0v) is 5.13. The van der Waals surface area contributed by atoms with E-state index in [0.29, 0.717) is 0 Å². The molecule has 0 bridgehead atoms. The minimum atomic E-state index is -0.586. The monoisotopic (exact) mass is 130 g/mol. The third-order valence-electron chi connectivity index (χ3n) is 2.07. The van der Waals surface area contributed by atoms with Gasteiger partial charge in [0.2, 0.25) is 0 Å². The van der Waals surface area contributed by atoms with Crippen LogP contribution in [0, 0.1) is 11.8 Å². The molecule has 0 saturated heterocycles. The molecule has 1 aliphatic carbocycles. The zero-order chi connectivity index (χ0) is 6.31. The molecule has 0 aromatic heterocycles. The molecule has 9 heavy (non-hydrogen) atoms. The topological polar surface area (TPSA) is 46.1 Å². The van der Waals surface area contributed by atoms with Gasteiger partial charge >= 0.3 is 0 Å². The first kappa shape index (κ1) is 8.92. The van der Waals surface area contributed by atoms with Gasteiger partial charge in [-0.05, 0) is 0 Å². The minimum absolute atomic E-state index is 0. The Kier molecular flexibility index (Phi) is 2.65. The van der Waals surface area contributed by atoms with E-state index in [1.165, 1.54) is 0 Å². The molecule has 0 amide bonds. The molecule has 2 nitrogen and oxygen atoms in total. The number of hydrogen-bond donors (Lipinski definition) is 0. The van der Waals surface area contributed by atoms with Crippen LogP contribution in [0.4, 0.5) is 0 Å². The molecule has 1 aliphatic rings. The fourth-order valence-electron chi connectivity index (χ4n) is 1.19. The van der Waals surface area contributed by atoms with Crippen molar-refractivity contribution in [2.45, 2.75) is 33.5 Å². The average molecular weight is 130 g/mol. The van der Waals surface area contributed by atoms with Crippen molar-refractivity contribution < 1.29 is 10.2 Å². The first-order valence-electron chi connectivity index (χ1n) is 2.96. The molecule has 0 unspecified atom stereocenters. The number of rotatable bonds is 0. The fourth-order valence-corrected chi connectivity index (χ4v) is 1.19. The highest BCUT2D eigenvalue weighted by Gasteiger charge is 2.28. The Morgan fingerprint density at radius 2 is 1.11 bits per heavy atom. The van der Waals surface area contributed by atoms with Gasteiger partial charge in [-0.1, -0.05) is 33.1 Å². The Balaban J connectivity index is 0.000000640. The predicted octanol–water partition coefficient (Wildman–Crippen LogP) is -0.634. The maximum absolute atomic E-state index is 10.7. The van der Waals surface area contributed by atoms with Crippen molar-refractivity contribution >= 4 is 0 Å². The largest absolute Gasteiger partial charge is 0.852 e. The van der Waals surface area contributed by atoms with Gasteiger partial charge in [0.1, 0.15) is 0 Å². The SMILES string of the molecule is C.CC1C([O-])C(C)C1[O-]. The maximum atomic E-state index is 10.7. The summed E-state index contributed by atoms with van der Waals surface area (Å²) in [6.45, 7) is 3.46. The van der Waals surface area contributed by atoms with Gasteiger partial charge in [0.25, 0.3) is 0 Å². The van der Waals surface area contributed by atoms with Gasteiger partial charge < -0.3 is 10.2 Å². The summed E-state index contributed by atoms with van der Waals surface area (Å²) >= 11 is 0. The van der Waals surface area contributed by atoms with E-state index in [2.05, 4.69) is 0 Å². The van der Waals surface area contributed by atoms with Crippen molar-refractivity contribution in [3.8, 4) is 0 Å². The van der Waals surface area contributed by atoms with Gasteiger partial charge in [0, 0.05) is 0 Å². The summed E-state index contributed by atoms with van der Waals surface area (Å²) in [4.78, 5) is 0. The van der Waals surface area contributed by atoms with E-state index in [0.717, 1.165) is 0 Å². The smallest absolute Gasteiger partial charge is 0.0645 e. The summed E-state index contributed by atoms with van der Waals surface area (Å²) in [5, 5.41) is 21.3. The molecule has 1 fully saturated rings. The minimum Gasteiger partial charge on any atom is -0.852 e. The molecule has 1 rings (SSSR count). The first-order valence-corrected chi connectivity index (χ1v) is 2.96. The van der Waals surface area contributed by atoms with Crippen molar-refractivity contribution in [1.82, 2.24) is 0 Å². The average Bonchev–Trinajstić information content (AvgIpc) is 1.83. The van der Waals surface area contributed by atoms with E-state index in [1.54, 1.807) is 13.8 Å². The van der Waals surface area contributed by atoms with Crippen LogP contribution in [0.15, 0.2) is 0 Å². The van der Waals surface area contributed by atoms with Crippen molar-refractivity contribution in [3.05, 3.63) is 0 Å². The van der Waals surface area contributed by atoms with Crippen LogP contribution >= 0.6 is 0 Å². The molecular weight excluding hydrogens is 116 g/mol. The van der Waals surface area contributed by atoms with Crippen molar-refractivity contribution in [2.24, 2.45) is 11.8 Å². The molecule has 0 aliphatic heterocycles. The maximum Gasteiger partial charge on any atom is -0.0645 e. The van der Waals surface area contributed by atoms with E-state index in [4.69, 9.17) is 0 Å². The lowest BCUT2D eigenvalue weighted by molar-refractivity contribution is -0.558. The van der Waals surface area contributed by atoms with E-state index < -0.39 is 12.2 Å². The summed E-state index contributed by atoms with van der Waals surface area (Å²) in [7, 11) is 0. The summed E-state index contributed by atoms with van der Waals surface area (Å²) in [5.41, 5.74) is 0. The highest BCUT2D eigenvalue weighted by atomic mass is 16.3. The van der Waals surface area contributed by atoms with Crippen LogP contribution in [-0.4, -0.2) is 12.2 Å². The molecule has 2 heteroatoms. The molecule has 0 aromatic carbocycles. The molecule has 0 aromatic rings. The molecule has 0 N–H and O–H groups in total. The Morgan fingerprint density at radius 1 is 0.889 bits per heavy atom. The molecule has 0 atom stereocenters. The summed E-state index contributed by atoms with van der Waals surface area (Å²) < 4.78 is 0. The second kappa shape index (κ2) is 2.67. The van der Waals surface area contributed by atoms with Crippen LogP contribution in [-0.2, 0) is 0 Å². The molecule has 1 saturated carbocycles. The van der Waals surface area contributed by atoms with Gasteiger partial charge in [0.15, 0.2) is 0 Å². The predicted molar refractivity (Wildman–Crippen MR) is 32.6 cm³/mol. The van der Waals surface area contributed by atoms with Gasteiger partial charge in [-0.2, -0.15) is 0 Å². The van der Waals surface area contributed by atoms with Crippen LogP contribution in [0.3, 0.4) is 0 Å². The van der Waals surface area contributed by atoms with Crippen molar-refractivity contribution in [3.63, 3.8) is 0 Å². The second-order valence-electron chi connectivity index (χ2n) is 2.65. The summed E-state index contributed by atoms with van der Waals surface area (Å²) in [6, 6.07) is 0. The van der Waals surface area contributed by atoms with Crippen LogP contribution in [0.1, 0.15) is 21.3 Å². The summed E-state index contributed by atoms with van der Waals surface area (Å²) in [5.74, 6) is -0.269. The zero-order valence-electron chi connectivity index (χ0n) is 5.13. The molecule has 0 spiro atoms. The van der Waals surface area contributed by atoms with Crippen LogP contribution < -0.4 is 10.2 Å². The fraction of sp³-hybridized carbons (Fsp3) is 1.00. The Labute approximate surface area is 56.5 Å². The van der Waals surface area contributed by atoms with Crippen LogP contribution in [0.2, 0.25) is 0 Å². The molecule has 56 valence electrons. The van der Waals surface area contributed by atoms with Crippen LogP contribution in [0.25, 0.3) is 0 Å². The third kappa shape index (κ3) is 1.10. The quantitative estimate of drug-likeness (QED) is 0.438. The Hall–Kier alpha value is -0.0800. The lowest BCUT2D eigenvalue weighted by atomic mass is 9.71. The van der Waals surface area contributed by atoms with Crippen LogP contribution in [0.5, 0.6) is 0 Å². The molecule has 0 heterocycles. The molecule has 0 radical (unpaired) electrons. The van der Waals surface area contributed by atoms with Crippen molar-refractivity contribution in [1.29, 1.82) is 0 Å². The van der Waals surface area contributed by atoms with E-state index in [1.807, 2.05) is 0 Å². The highest BCUT2D eigenvalue weighted by molar-refractivity contribution is 4.90. The first-order chi connectivity index (χ1) is 3.64. The number of hydrogen-bond acceptors (Lipinski definition) is 2. The van der Waals surface area contributed by atoms with Gasteiger partial charge in [-0.25, -0.2) is 0 Å². The van der Waals surface area contributed by atoms with Crippen molar-refractivity contribution in [2.75, 3.05) is 0 Å². The molecular formula is C7H14O2-2. The summed E-state index contributed by atoms with van der Waals surface area (Å²) in [6.07, 6.45) is -1.17. The van der Waals surface area contributed by atoms with E-state index in [-0.39, 0.29) is 19.3 Å².